The summed E-state index contributed by atoms with van der Waals surface area (Å²) in [6, 6.07) is 0.742. The molecular formula is C16H22F3N5O3. The average molecular weight is 389 g/mol. The number of alkyl halides is 3. The van der Waals surface area contributed by atoms with Gasteiger partial charge in [-0.1, -0.05) is 0 Å². The highest BCUT2D eigenvalue weighted by atomic mass is 19.4. The molecule has 2 saturated heterocycles. The molecule has 1 aromatic rings. The second kappa shape index (κ2) is 7.85. The number of anilines is 1. The van der Waals surface area contributed by atoms with Gasteiger partial charge < -0.3 is 19.9 Å². The van der Waals surface area contributed by atoms with Crippen LogP contribution in [0, 0.1) is 0 Å². The first-order valence-corrected chi connectivity index (χ1v) is 8.80. The lowest BCUT2D eigenvalue weighted by molar-refractivity contribution is -0.138. The molecule has 3 heterocycles. The summed E-state index contributed by atoms with van der Waals surface area (Å²) in [5.41, 5.74) is -2.57. The van der Waals surface area contributed by atoms with Gasteiger partial charge in [-0.25, -0.2) is 5.10 Å². The Hall–Kier alpha value is -2.14. The summed E-state index contributed by atoms with van der Waals surface area (Å²) in [5, 5.41) is 8.82. The number of aromatic nitrogens is 2. The van der Waals surface area contributed by atoms with Gasteiger partial charge >= 0.3 is 6.18 Å². The molecule has 0 aliphatic carbocycles. The molecule has 0 aromatic carbocycles. The molecule has 1 aromatic heterocycles. The molecule has 27 heavy (non-hydrogen) atoms. The molecule has 3 rings (SSSR count). The van der Waals surface area contributed by atoms with E-state index < -0.39 is 23.4 Å². The van der Waals surface area contributed by atoms with Crippen molar-refractivity contribution in [2.24, 2.45) is 0 Å². The molecule has 2 atom stereocenters. The zero-order valence-electron chi connectivity index (χ0n) is 14.9. The zero-order chi connectivity index (χ0) is 19.6. The first kappa shape index (κ1) is 19.6. The van der Waals surface area contributed by atoms with Crippen LogP contribution in [-0.4, -0.2) is 72.5 Å². The Balaban J connectivity index is 1.71. The van der Waals surface area contributed by atoms with Crippen LogP contribution >= 0.6 is 0 Å². The fourth-order valence-corrected chi connectivity index (χ4v) is 3.35. The second-order valence-corrected chi connectivity index (χ2v) is 6.78. The topological polar surface area (TPSA) is 90.6 Å². The minimum atomic E-state index is -4.76. The summed E-state index contributed by atoms with van der Waals surface area (Å²) in [6.07, 6.45) is -5.36. The number of ether oxygens (including phenoxy) is 1. The van der Waals surface area contributed by atoms with E-state index in [1.165, 1.54) is 0 Å². The van der Waals surface area contributed by atoms with Crippen LogP contribution in [0.3, 0.4) is 0 Å². The number of nitrogens with one attached hydrogen (secondary N) is 2. The van der Waals surface area contributed by atoms with E-state index in [0.29, 0.717) is 19.6 Å². The number of halogens is 3. The summed E-state index contributed by atoms with van der Waals surface area (Å²) in [4.78, 5) is 27.2. The number of hydrogen-bond acceptors (Lipinski definition) is 6. The lowest BCUT2D eigenvalue weighted by Gasteiger charge is -2.38. The summed E-state index contributed by atoms with van der Waals surface area (Å²) in [6.45, 7) is 5.04. The van der Waals surface area contributed by atoms with E-state index in [4.69, 9.17) is 4.74 Å². The van der Waals surface area contributed by atoms with Crippen LogP contribution in [0.1, 0.15) is 18.9 Å². The van der Waals surface area contributed by atoms with E-state index >= 15 is 0 Å². The van der Waals surface area contributed by atoms with Crippen molar-refractivity contribution in [1.82, 2.24) is 20.4 Å². The molecule has 0 bridgehead atoms. The van der Waals surface area contributed by atoms with Crippen molar-refractivity contribution < 1.29 is 22.7 Å². The van der Waals surface area contributed by atoms with Crippen molar-refractivity contribution in [3.63, 3.8) is 0 Å². The first-order chi connectivity index (χ1) is 12.7. The second-order valence-electron chi connectivity index (χ2n) is 6.78. The number of H-pyrrole nitrogens is 1. The Morgan fingerprint density at radius 3 is 2.70 bits per heavy atom. The molecule has 0 spiro atoms. The van der Waals surface area contributed by atoms with Crippen molar-refractivity contribution in [3.8, 4) is 0 Å². The Morgan fingerprint density at radius 2 is 2.04 bits per heavy atom. The highest BCUT2D eigenvalue weighted by Gasteiger charge is 2.36. The average Bonchev–Trinajstić information content (AvgIpc) is 2.61. The maximum absolute atomic E-state index is 13.0. The van der Waals surface area contributed by atoms with Crippen molar-refractivity contribution >= 4 is 11.7 Å². The molecule has 2 N–H and O–H groups in total. The molecule has 0 radical (unpaired) electrons. The summed E-state index contributed by atoms with van der Waals surface area (Å²) in [7, 11) is 0. The fourth-order valence-electron chi connectivity index (χ4n) is 3.35. The highest BCUT2D eigenvalue weighted by Crippen LogP contribution is 2.29. The van der Waals surface area contributed by atoms with Gasteiger partial charge in [-0.05, 0) is 6.92 Å². The summed E-state index contributed by atoms with van der Waals surface area (Å²) < 4.78 is 44.7. The molecule has 0 unspecified atom stereocenters. The number of hydrogen-bond donors (Lipinski definition) is 2. The SMILES string of the molecule is C[C@@H]1CN(c2cc(C(F)(F)F)c(=O)[nH]n2)C[C@@H](CC(=O)N2CCNCC2)O1. The molecule has 2 aliphatic heterocycles. The van der Waals surface area contributed by atoms with E-state index in [1.54, 1.807) is 16.7 Å². The number of carbonyl (C=O) groups is 1. The molecular weight excluding hydrogens is 367 g/mol. The number of piperazine rings is 1. The van der Waals surface area contributed by atoms with Gasteiger partial charge in [-0.15, -0.1) is 0 Å². The van der Waals surface area contributed by atoms with E-state index in [2.05, 4.69) is 10.4 Å². The summed E-state index contributed by atoms with van der Waals surface area (Å²) in [5.74, 6) is -0.0299. The quantitative estimate of drug-likeness (QED) is 0.768. The number of carbonyl (C=O) groups excluding carboxylic acids is 1. The van der Waals surface area contributed by atoms with E-state index in [0.717, 1.165) is 19.2 Å². The standard InChI is InChI=1S/C16H22F3N5O3/c1-10-8-24(13-7-12(16(17,18)19)15(26)22-21-13)9-11(27-10)6-14(25)23-4-2-20-3-5-23/h7,10-11,20H,2-6,8-9H2,1H3,(H,22,26)/t10-,11-/m1/s1. The zero-order valence-corrected chi connectivity index (χ0v) is 14.9. The van der Waals surface area contributed by atoms with Crippen LogP contribution < -0.4 is 15.8 Å². The van der Waals surface area contributed by atoms with Gasteiger partial charge in [-0.3, -0.25) is 9.59 Å². The maximum atomic E-state index is 13.0. The number of aromatic amines is 1. The Morgan fingerprint density at radius 1 is 1.33 bits per heavy atom. The molecule has 2 fully saturated rings. The predicted molar refractivity (Wildman–Crippen MR) is 90.5 cm³/mol. The molecule has 1 amide bonds. The fraction of sp³-hybridized carbons (Fsp3) is 0.688. The van der Waals surface area contributed by atoms with Crippen molar-refractivity contribution in [3.05, 3.63) is 22.0 Å². The van der Waals surface area contributed by atoms with Gasteiger partial charge in [-0.2, -0.15) is 18.3 Å². The Bertz CT molecular complexity index is 733. The molecule has 2 aliphatic rings. The van der Waals surface area contributed by atoms with Crippen LogP contribution in [0.2, 0.25) is 0 Å². The molecule has 0 saturated carbocycles. The third-order valence-corrected chi connectivity index (χ3v) is 4.62. The first-order valence-electron chi connectivity index (χ1n) is 8.80. The largest absolute Gasteiger partial charge is 0.421 e. The van der Waals surface area contributed by atoms with Crippen LogP contribution in [0.25, 0.3) is 0 Å². The highest BCUT2D eigenvalue weighted by molar-refractivity contribution is 5.77. The van der Waals surface area contributed by atoms with Crippen LogP contribution in [0.15, 0.2) is 10.9 Å². The number of nitrogens with zero attached hydrogens (tertiary/aromatic N) is 3. The third kappa shape index (κ3) is 4.78. The third-order valence-electron chi connectivity index (χ3n) is 4.62. The molecule has 150 valence electrons. The van der Waals surface area contributed by atoms with E-state index in [-0.39, 0.29) is 30.8 Å². The number of morpholine rings is 1. The predicted octanol–water partition coefficient (Wildman–Crippen LogP) is 0.204. The van der Waals surface area contributed by atoms with Gasteiger partial charge in [0.1, 0.15) is 11.4 Å². The van der Waals surface area contributed by atoms with Gasteiger partial charge in [0.05, 0.1) is 18.6 Å². The lowest BCUT2D eigenvalue weighted by atomic mass is 10.1. The molecule has 8 nitrogen and oxygen atoms in total. The van der Waals surface area contributed by atoms with Gasteiger partial charge in [0.15, 0.2) is 0 Å². The van der Waals surface area contributed by atoms with Crippen LogP contribution in [-0.2, 0) is 15.7 Å². The number of rotatable bonds is 3. The minimum absolute atomic E-state index is 0.0108. The van der Waals surface area contributed by atoms with Crippen molar-refractivity contribution in [2.75, 3.05) is 44.2 Å². The monoisotopic (exact) mass is 389 g/mol. The normalized spacial score (nSPS) is 24.1. The minimum Gasteiger partial charge on any atom is -0.371 e. The smallest absolute Gasteiger partial charge is 0.371 e. The van der Waals surface area contributed by atoms with Gasteiger partial charge in [0.25, 0.3) is 5.56 Å². The van der Waals surface area contributed by atoms with Crippen molar-refractivity contribution in [2.45, 2.75) is 31.7 Å². The van der Waals surface area contributed by atoms with Gasteiger partial charge in [0, 0.05) is 45.3 Å². The van der Waals surface area contributed by atoms with E-state index in [9.17, 15) is 22.8 Å². The number of amides is 1. The van der Waals surface area contributed by atoms with Crippen LogP contribution in [0.4, 0.5) is 19.0 Å². The summed E-state index contributed by atoms with van der Waals surface area (Å²) >= 11 is 0. The molecule has 11 heteroatoms. The van der Waals surface area contributed by atoms with Crippen molar-refractivity contribution in [1.29, 1.82) is 0 Å². The Labute approximate surface area is 153 Å². The Kier molecular flexibility index (Phi) is 5.70. The maximum Gasteiger partial charge on any atom is 0.421 e. The van der Waals surface area contributed by atoms with Gasteiger partial charge in [0.2, 0.25) is 5.91 Å². The van der Waals surface area contributed by atoms with Crippen LogP contribution in [0.5, 0.6) is 0 Å². The lowest BCUT2D eigenvalue weighted by Crippen LogP contribution is -2.51. The van der Waals surface area contributed by atoms with E-state index in [1.807, 2.05) is 5.10 Å².